The number of aryl methyl sites for hydroxylation is 1. The summed E-state index contributed by atoms with van der Waals surface area (Å²) in [4.78, 5) is 23.4. The van der Waals surface area contributed by atoms with E-state index in [1.165, 1.54) is 0 Å². The van der Waals surface area contributed by atoms with Crippen LogP contribution in [0.5, 0.6) is 11.5 Å². The smallest absolute Gasteiger partial charge is 0.274 e. The Hall–Kier alpha value is -2.83. The summed E-state index contributed by atoms with van der Waals surface area (Å²) in [6.45, 7) is 3.95. The van der Waals surface area contributed by atoms with Gasteiger partial charge in [0, 0.05) is 30.9 Å². The van der Waals surface area contributed by atoms with Crippen molar-refractivity contribution in [2.45, 2.75) is 19.8 Å². The van der Waals surface area contributed by atoms with E-state index >= 15 is 0 Å². The zero-order chi connectivity index (χ0) is 16.5. The Balaban J connectivity index is 1.55. The molecule has 7 nitrogen and oxygen atoms in total. The van der Waals surface area contributed by atoms with E-state index in [1.54, 1.807) is 31.2 Å². The van der Waals surface area contributed by atoms with Gasteiger partial charge in [-0.05, 0) is 31.9 Å². The van der Waals surface area contributed by atoms with Crippen LogP contribution in [0.2, 0.25) is 0 Å². The van der Waals surface area contributed by atoms with E-state index in [0.717, 1.165) is 31.7 Å². The first-order valence-electron chi connectivity index (χ1n) is 8.01. The second-order valence-electron chi connectivity index (χ2n) is 5.87. The SMILES string of the molecule is Cc1nc(C(=O)Nc2ccc3c(c2)OCO3)cc(N2CCCC2)n1. The average Bonchev–Trinajstić information content (AvgIpc) is 3.25. The largest absolute Gasteiger partial charge is 0.454 e. The number of ether oxygens (including phenoxy) is 2. The Morgan fingerprint density at radius 3 is 2.75 bits per heavy atom. The van der Waals surface area contributed by atoms with Crippen LogP contribution in [0.4, 0.5) is 11.5 Å². The first-order valence-corrected chi connectivity index (χ1v) is 8.01. The molecular weight excluding hydrogens is 308 g/mol. The molecule has 1 aromatic heterocycles. The van der Waals surface area contributed by atoms with Gasteiger partial charge in [0.2, 0.25) is 6.79 Å². The van der Waals surface area contributed by atoms with Crippen molar-refractivity contribution >= 4 is 17.4 Å². The van der Waals surface area contributed by atoms with Crippen LogP contribution in [0.1, 0.15) is 29.2 Å². The predicted molar refractivity (Wildman–Crippen MR) is 88.7 cm³/mol. The van der Waals surface area contributed by atoms with Crippen LogP contribution >= 0.6 is 0 Å². The summed E-state index contributed by atoms with van der Waals surface area (Å²) in [6.07, 6.45) is 2.31. The molecule has 4 rings (SSSR count). The zero-order valence-electron chi connectivity index (χ0n) is 13.4. The second-order valence-corrected chi connectivity index (χ2v) is 5.87. The molecule has 0 spiro atoms. The highest BCUT2D eigenvalue weighted by molar-refractivity contribution is 6.03. The molecule has 0 saturated carbocycles. The summed E-state index contributed by atoms with van der Waals surface area (Å²) in [5, 5.41) is 2.85. The molecule has 7 heteroatoms. The molecule has 3 heterocycles. The third kappa shape index (κ3) is 2.84. The summed E-state index contributed by atoms with van der Waals surface area (Å²) >= 11 is 0. The lowest BCUT2D eigenvalue weighted by atomic mass is 10.2. The van der Waals surface area contributed by atoms with Gasteiger partial charge in [-0.25, -0.2) is 9.97 Å². The van der Waals surface area contributed by atoms with Crippen molar-refractivity contribution < 1.29 is 14.3 Å². The fourth-order valence-corrected chi connectivity index (χ4v) is 2.95. The van der Waals surface area contributed by atoms with Crippen LogP contribution in [0.15, 0.2) is 24.3 Å². The number of anilines is 2. The summed E-state index contributed by atoms with van der Waals surface area (Å²) in [5.74, 6) is 2.46. The molecule has 1 amide bonds. The number of aromatic nitrogens is 2. The van der Waals surface area contributed by atoms with Gasteiger partial charge < -0.3 is 19.7 Å². The molecule has 0 atom stereocenters. The molecule has 2 aliphatic rings. The van der Waals surface area contributed by atoms with Gasteiger partial charge in [0.25, 0.3) is 5.91 Å². The van der Waals surface area contributed by atoms with E-state index in [-0.39, 0.29) is 12.7 Å². The molecule has 2 aromatic rings. The number of nitrogens with one attached hydrogen (secondary N) is 1. The minimum atomic E-state index is -0.264. The van der Waals surface area contributed by atoms with E-state index in [0.29, 0.717) is 28.7 Å². The topological polar surface area (TPSA) is 76.6 Å². The van der Waals surface area contributed by atoms with Crippen molar-refractivity contribution in [3.63, 3.8) is 0 Å². The molecule has 1 saturated heterocycles. The van der Waals surface area contributed by atoms with E-state index in [1.807, 2.05) is 0 Å². The third-order valence-corrected chi connectivity index (χ3v) is 4.12. The Labute approximate surface area is 139 Å². The fourth-order valence-electron chi connectivity index (χ4n) is 2.95. The van der Waals surface area contributed by atoms with Crippen molar-refractivity contribution in [3.8, 4) is 11.5 Å². The minimum absolute atomic E-state index is 0.205. The van der Waals surface area contributed by atoms with Crippen LogP contribution in [0.25, 0.3) is 0 Å². The van der Waals surface area contributed by atoms with Gasteiger partial charge >= 0.3 is 0 Å². The summed E-state index contributed by atoms with van der Waals surface area (Å²) < 4.78 is 10.6. The quantitative estimate of drug-likeness (QED) is 0.933. The van der Waals surface area contributed by atoms with Gasteiger partial charge in [0.05, 0.1) is 0 Å². The highest BCUT2D eigenvalue weighted by Gasteiger charge is 2.19. The molecule has 1 fully saturated rings. The van der Waals surface area contributed by atoms with Crippen molar-refractivity contribution in [1.82, 2.24) is 9.97 Å². The normalized spacial score (nSPS) is 15.6. The first kappa shape index (κ1) is 14.7. The molecule has 124 valence electrons. The molecule has 1 aromatic carbocycles. The Morgan fingerprint density at radius 1 is 1.12 bits per heavy atom. The van der Waals surface area contributed by atoms with Crippen LogP contribution in [-0.2, 0) is 0 Å². The second kappa shape index (κ2) is 5.99. The maximum absolute atomic E-state index is 12.5. The van der Waals surface area contributed by atoms with Gasteiger partial charge in [0.15, 0.2) is 11.5 Å². The predicted octanol–water partition coefficient (Wildman–Crippen LogP) is 2.37. The summed E-state index contributed by atoms with van der Waals surface area (Å²) in [5.41, 5.74) is 1.00. The van der Waals surface area contributed by atoms with Crippen LogP contribution in [0.3, 0.4) is 0 Å². The molecule has 24 heavy (non-hydrogen) atoms. The number of fused-ring (bicyclic) bond motifs is 1. The van der Waals surface area contributed by atoms with Gasteiger partial charge in [-0.2, -0.15) is 0 Å². The maximum atomic E-state index is 12.5. The van der Waals surface area contributed by atoms with Crippen molar-refractivity contribution in [3.05, 3.63) is 35.8 Å². The summed E-state index contributed by atoms with van der Waals surface area (Å²) in [6, 6.07) is 7.05. The lowest BCUT2D eigenvalue weighted by molar-refractivity contribution is 0.102. The third-order valence-electron chi connectivity index (χ3n) is 4.12. The van der Waals surface area contributed by atoms with E-state index in [4.69, 9.17) is 9.47 Å². The molecule has 0 radical (unpaired) electrons. The molecule has 0 bridgehead atoms. The first-order chi connectivity index (χ1) is 11.7. The zero-order valence-corrected chi connectivity index (χ0v) is 13.4. The number of nitrogens with zero attached hydrogens (tertiary/aromatic N) is 3. The molecule has 0 unspecified atom stereocenters. The Kier molecular flexibility index (Phi) is 3.68. The number of carbonyl (C=O) groups excluding carboxylic acids is 1. The maximum Gasteiger partial charge on any atom is 0.274 e. The highest BCUT2D eigenvalue weighted by Crippen LogP contribution is 2.34. The number of rotatable bonds is 3. The van der Waals surface area contributed by atoms with Crippen LogP contribution in [-0.4, -0.2) is 35.8 Å². The number of amides is 1. The van der Waals surface area contributed by atoms with E-state index < -0.39 is 0 Å². The number of benzene rings is 1. The van der Waals surface area contributed by atoms with Gasteiger partial charge in [0.1, 0.15) is 17.3 Å². The van der Waals surface area contributed by atoms with Crippen molar-refractivity contribution in [2.24, 2.45) is 0 Å². The number of hydrogen-bond donors (Lipinski definition) is 1. The van der Waals surface area contributed by atoms with Gasteiger partial charge in [-0.1, -0.05) is 0 Å². The average molecular weight is 326 g/mol. The van der Waals surface area contributed by atoms with Crippen LogP contribution in [0, 0.1) is 6.92 Å². The van der Waals surface area contributed by atoms with Crippen LogP contribution < -0.4 is 19.7 Å². The minimum Gasteiger partial charge on any atom is -0.454 e. The van der Waals surface area contributed by atoms with E-state index in [2.05, 4.69) is 20.2 Å². The van der Waals surface area contributed by atoms with Crippen molar-refractivity contribution in [1.29, 1.82) is 0 Å². The number of carbonyl (C=O) groups is 1. The lowest BCUT2D eigenvalue weighted by Gasteiger charge is -2.17. The van der Waals surface area contributed by atoms with Crippen molar-refractivity contribution in [2.75, 3.05) is 30.1 Å². The fraction of sp³-hybridized carbons (Fsp3) is 0.353. The monoisotopic (exact) mass is 326 g/mol. The van der Waals surface area contributed by atoms with E-state index in [9.17, 15) is 4.79 Å². The highest BCUT2D eigenvalue weighted by atomic mass is 16.7. The molecular formula is C17H18N4O3. The Morgan fingerprint density at radius 2 is 1.92 bits per heavy atom. The Bertz CT molecular complexity index is 787. The lowest BCUT2D eigenvalue weighted by Crippen LogP contribution is -2.22. The summed E-state index contributed by atoms with van der Waals surface area (Å²) in [7, 11) is 0. The number of hydrogen-bond acceptors (Lipinski definition) is 6. The molecule has 2 aliphatic heterocycles. The molecule has 0 aliphatic carbocycles. The van der Waals surface area contributed by atoms with Gasteiger partial charge in [-0.3, -0.25) is 4.79 Å². The molecule has 1 N–H and O–H groups in total. The standard InChI is InChI=1S/C17H18N4O3/c1-11-18-13(9-16(19-11)21-6-2-3-7-21)17(22)20-12-4-5-14-15(8-12)24-10-23-14/h4-5,8-9H,2-3,6-7,10H2,1H3,(H,20,22). The van der Waals surface area contributed by atoms with Gasteiger partial charge in [-0.15, -0.1) is 0 Å².